The van der Waals surface area contributed by atoms with Crippen molar-refractivity contribution in [3.63, 3.8) is 0 Å². The SMILES string of the molecule is N#C/C(=C/c1cc(Cl)c(OCc2ccc(I)cc2)c(Br)c1)C(=O)NCCc1c[nH]c2ccccc12. The molecule has 0 saturated heterocycles. The molecule has 4 rings (SSSR count). The monoisotopic (exact) mass is 659 g/mol. The van der Waals surface area contributed by atoms with Gasteiger partial charge in [-0.15, -0.1) is 0 Å². The highest BCUT2D eigenvalue weighted by Crippen LogP contribution is 2.35. The summed E-state index contributed by atoms with van der Waals surface area (Å²) in [4.78, 5) is 15.8. The Morgan fingerprint density at radius 1 is 1.20 bits per heavy atom. The minimum Gasteiger partial charge on any atom is -0.486 e. The smallest absolute Gasteiger partial charge is 0.261 e. The average Bonchev–Trinajstić information content (AvgIpc) is 3.26. The number of para-hydroxylation sites is 1. The summed E-state index contributed by atoms with van der Waals surface area (Å²) in [5.74, 6) is 0.0719. The molecule has 5 nitrogen and oxygen atoms in total. The van der Waals surface area contributed by atoms with Gasteiger partial charge in [-0.25, -0.2) is 0 Å². The minimum atomic E-state index is -0.432. The Kier molecular flexibility index (Phi) is 8.50. The molecule has 8 heteroatoms. The van der Waals surface area contributed by atoms with E-state index in [0.29, 0.717) is 40.4 Å². The molecule has 0 atom stereocenters. The Labute approximate surface area is 230 Å². The lowest BCUT2D eigenvalue weighted by Gasteiger charge is -2.11. The number of rotatable bonds is 8. The molecule has 2 N–H and O–H groups in total. The first-order chi connectivity index (χ1) is 16.9. The van der Waals surface area contributed by atoms with Crippen molar-refractivity contribution in [2.75, 3.05) is 6.54 Å². The van der Waals surface area contributed by atoms with Crippen LogP contribution in [0.4, 0.5) is 0 Å². The first-order valence-electron chi connectivity index (χ1n) is 10.8. The molecule has 3 aromatic carbocycles. The largest absolute Gasteiger partial charge is 0.486 e. The van der Waals surface area contributed by atoms with Gasteiger partial charge in [-0.1, -0.05) is 41.9 Å². The Hall–Kier alpha value is -2.80. The zero-order chi connectivity index (χ0) is 24.8. The van der Waals surface area contributed by atoms with Crippen LogP contribution in [-0.4, -0.2) is 17.4 Å². The number of H-pyrrole nitrogens is 1. The van der Waals surface area contributed by atoms with Crippen molar-refractivity contribution >= 4 is 73.0 Å². The van der Waals surface area contributed by atoms with E-state index in [1.165, 1.54) is 6.08 Å². The zero-order valence-electron chi connectivity index (χ0n) is 18.4. The van der Waals surface area contributed by atoms with Gasteiger partial charge in [0.05, 0.1) is 9.50 Å². The van der Waals surface area contributed by atoms with Gasteiger partial charge < -0.3 is 15.0 Å². The molecule has 0 bridgehead atoms. The maximum atomic E-state index is 12.6. The summed E-state index contributed by atoms with van der Waals surface area (Å²) in [5, 5.41) is 13.9. The van der Waals surface area contributed by atoms with E-state index < -0.39 is 5.91 Å². The number of carbonyl (C=O) groups is 1. The summed E-state index contributed by atoms with van der Waals surface area (Å²) in [6.45, 7) is 0.780. The number of nitrogens with zero attached hydrogens (tertiary/aromatic N) is 1. The van der Waals surface area contributed by atoms with E-state index in [1.807, 2.05) is 60.8 Å². The first-order valence-corrected chi connectivity index (χ1v) is 13.0. The van der Waals surface area contributed by atoms with Crippen LogP contribution in [0, 0.1) is 14.9 Å². The highest BCUT2D eigenvalue weighted by molar-refractivity contribution is 14.1. The lowest BCUT2D eigenvalue weighted by Crippen LogP contribution is -2.26. The molecule has 0 fully saturated rings. The van der Waals surface area contributed by atoms with Crippen molar-refractivity contribution in [1.29, 1.82) is 5.26 Å². The van der Waals surface area contributed by atoms with Crippen LogP contribution in [0.1, 0.15) is 16.7 Å². The molecule has 35 heavy (non-hydrogen) atoms. The number of aromatic nitrogens is 1. The number of aromatic amines is 1. The van der Waals surface area contributed by atoms with Crippen molar-refractivity contribution in [3.05, 3.63) is 102 Å². The molecule has 0 aliphatic carbocycles. The number of fused-ring (bicyclic) bond motifs is 1. The first kappa shape index (κ1) is 25.3. The Morgan fingerprint density at radius 2 is 1.97 bits per heavy atom. The summed E-state index contributed by atoms with van der Waals surface area (Å²) < 4.78 is 7.69. The second-order valence-electron chi connectivity index (χ2n) is 7.76. The summed E-state index contributed by atoms with van der Waals surface area (Å²) in [5.41, 5.74) is 3.81. The molecule has 176 valence electrons. The third-order valence-corrected chi connectivity index (χ3v) is 6.94. The third kappa shape index (κ3) is 6.45. The zero-order valence-corrected chi connectivity index (χ0v) is 22.9. The number of amides is 1. The van der Waals surface area contributed by atoms with Crippen molar-refractivity contribution < 1.29 is 9.53 Å². The number of nitrogens with one attached hydrogen (secondary N) is 2. The standard InChI is InChI=1S/C27H20BrClIN3O2/c28-23-12-18(13-24(29)26(23)35-16-17-5-7-21(30)8-6-17)11-20(14-31)27(34)32-10-9-19-15-33-25-4-2-1-3-22(19)25/h1-8,11-13,15,33H,9-10,16H2,(H,32,34)/b20-11-. The van der Waals surface area contributed by atoms with Crippen LogP contribution in [0.3, 0.4) is 0 Å². The predicted octanol–water partition coefficient (Wildman–Crippen LogP) is 7.03. The van der Waals surface area contributed by atoms with Gasteiger partial charge in [-0.2, -0.15) is 5.26 Å². The summed E-state index contributed by atoms with van der Waals surface area (Å²) in [6.07, 6.45) is 4.11. The molecular weight excluding hydrogens is 641 g/mol. The van der Waals surface area contributed by atoms with E-state index in [0.717, 1.165) is 25.6 Å². The predicted molar refractivity (Wildman–Crippen MR) is 151 cm³/mol. The van der Waals surface area contributed by atoms with E-state index in [9.17, 15) is 10.1 Å². The highest BCUT2D eigenvalue weighted by Gasteiger charge is 2.13. The van der Waals surface area contributed by atoms with E-state index in [2.05, 4.69) is 48.8 Å². The van der Waals surface area contributed by atoms with Crippen LogP contribution in [0.15, 0.2) is 76.9 Å². The van der Waals surface area contributed by atoms with Crippen LogP contribution in [0.2, 0.25) is 5.02 Å². The normalized spacial score (nSPS) is 11.3. The second kappa shape index (κ2) is 11.8. The van der Waals surface area contributed by atoms with E-state index >= 15 is 0 Å². The number of benzene rings is 3. The summed E-state index contributed by atoms with van der Waals surface area (Å²) >= 11 is 12.2. The van der Waals surface area contributed by atoms with Gasteiger partial charge in [0.25, 0.3) is 5.91 Å². The molecule has 0 aliphatic heterocycles. The lowest BCUT2D eigenvalue weighted by molar-refractivity contribution is -0.117. The molecule has 0 spiro atoms. The van der Waals surface area contributed by atoms with E-state index in [1.54, 1.807) is 12.1 Å². The maximum Gasteiger partial charge on any atom is 0.261 e. The minimum absolute atomic E-state index is 0.000509. The summed E-state index contributed by atoms with van der Waals surface area (Å²) in [6, 6.07) is 21.4. The number of halogens is 3. The molecule has 0 unspecified atom stereocenters. The van der Waals surface area contributed by atoms with Gasteiger partial charge in [0.1, 0.15) is 18.2 Å². The number of hydrogen-bond acceptors (Lipinski definition) is 3. The molecule has 0 aliphatic rings. The van der Waals surface area contributed by atoms with Crippen molar-refractivity contribution in [2.24, 2.45) is 0 Å². The quantitative estimate of drug-likeness (QED) is 0.121. The van der Waals surface area contributed by atoms with Crippen molar-refractivity contribution in [3.8, 4) is 11.8 Å². The molecule has 1 amide bonds. The third-order valence-electron chi connectivity index (χ3n) is 5.35. The van der Waals surface area contributed by atoms with Gasteiger partial charge in [0.15, 0.2) is 5.75 Å². The topological polar surface area (TPSA) is 77.9 Å². The van der Waals surface area contributed by atoms with Gasteiger partial charge in [-0.3, -0.25) is 4.79 Å². The fourth-order valence-corrected chi connectivity index (χ4v) is 4.94. The fraction of sp³-hybridized carbons (Fsp3) is 0.111. The Balaban J connectivity index is 1.40. The van der Waals surface area contributed by atoms with Crippen LogP contribution >= 0.6 is 50.1 Å². The van der Waals surface area contributed by atoms with Gasteiger partial charge in [0.2, 0.25) is 0 Å². The van der Waals surface area contributed by atoms with Crippen LogP contribution in [0.5, 0.6) is 5.75 Å². The van der Waals surface area contributed by atoms with Crippen LogP contribution in [-0.2, 0) is 17.8 Å². The van der Waals surface area contributed by atoms with Gasteiger partial charge >= 0.3 is 0 Å². The van der Waals surface area contributed by atoms with Gasteiger partial charge in [0, 0.05) is 27.2 Å². The van der Waals surface area contributed by atoms with Gasteiger partial charge in [-0.05, 0) is 98.0 Å². The molecule has 0 saturated carbocycles. The molecule has 0 radical (unpaired) electrons. The average molecular weight is 661 g/mol. The maximum absolute atomic E-state index is 12.6. The van der Waals surface area contributed by atoms with Crippen molar-refractivity contribution in [1.82, 2.24) is 10.3 Å². The molecular formula is C27H20BrClIN3O2. The number of nitriles is 1. The number of carbonyl (C=O) groups excluding carboxylic acids is 1. The second-order valence-corrected chi connectivity index (χ2v) is 10.3. The Bertz CT molecular complexity index is 1420. The number of ether oxygens (including phenoxy) is 1. The molecule has 4 aromatic rings. The van der Waals surface area contributed by atoms with E-state index in [-0.39, 0.29) is 5.57 Å². The molecule has 1 aromatic heterocycles. The van der Waals surface area contributed by atoms with E-state index in [4.69, 9.17) is 16.3 Å². The lowest BCUT2D eigenvalue weighted by atomic mass is 10.1. The van der Waals surface area contributed by atoms with Crippen LogP contribution in [0.25, 0.3) is 17.0 Å². The molecule has 1 heterocycles. The summed E-state index contributed by atoms with van der Waals surface area (Å²) in [7, 11) is 0. The highest BCUT2D eigenvalue weighted by atomic mass is 127. The van der Waals surface area contributed by atoms with Crippen molar-refractivity contribution in [2.45, 2.75) is 13.0 Å². The Morgan fingerprint density at radius 3 is 2.71 bits per heavy atom. The number of hydrogen-bond donors (Lipinski definition) is 2. The van der Waals surface area contributed by atoms with Crippen LogP contribution < -0.4 is 10.1 Å². The fourth-order valence-electron chi connectivity index (χ4n) is 3.60.